The Morgan fingerprint density at radius 3 is 2.50 bits per heavy atom. The first-order chi connectivity index (χ1) is 8.58. The molecule has 2 N–H and O–H groups in total. The molecule has 1 fully saturated rings. The number of anilines is 1. The first-order valence-corrected chi connectivity index (χ1v) is 5.45. The lowest BCUT2D eigenvalue weighted by Gasteiger charge is -2.26. The molecule has 1 heterocycles. The summed E-state index contributed by atoms with van der Waals surface area (Å²) in [6, 6.07) is 7.95. The van der Waals surface area contributed by atoms with Crippen LogP contribution < -0.4 is 10.2 Å². The molecule has 0 spiro atoms. The minimum Gasteiger partial charge on any atom is -0.480 e. The summed E-state index contributed by atoms with van der Waals surface area (Å²) in [5.41, 5.74) is 0.606. The summed E-state index contributed by atoms with van der Waals surface area (Å²) in [4.78, 5) is 35.1. The van der Waals surface area contributed by atoms with Crippen molar-refractivity contribution in [3.63, 3.8) is 0 Å². The van der Waals surface area contributed by atoms with E-state index < -0.39 is 17.9 Å². The van der Waals surface area contributed by atoms with Crippen molar-refractivity contribution < 1.29 is 19.5 Å². The number of carbonyl (C=O) groups is 3. The zero-order valence-corrected chi connectivity index (χ0v) is 9.50. The lowest BCUT2D eigenvalue weighted by Crippen LogP contribution is -2.43. The van der Waals surface area contributed by atoms with Gasteiger partial charge in [-0.25, -0.2) is 0 Å². The summed E-state index contributed by atoms with van der Waals surface area (Å²) in [5, 5.41) is 11.1. The lowest BCUT2D eigenvalue weighted by molar-refractivity contribution is -0.135. The highest BCUT2D eigenvalue weighted by atomic mass is 16.4. The topological polar surface area (TPSA) is 86.7 Å². The van der Waals surface area contributed by atoms with E-state index in [0.29, 0.717) is 5.69 Å². The Labute approximate surface area is 103 Å². The number of carboxylic acids is 1. The van der Waals surface area contributed by atoms with Crippen molar-refractivity contribution >= 4 is 23.5 Å². The number of nitrogens with one attached hydrogen (secondary N) is 1. The Balaban J connectivity index is 2.28. The quantitative estimate of drug-likeness (QED) is 0.732. The van der Waals surface area contributed by atoms with Gasteiger partial charge in [-0.3, -0.25) is 19.7 Å². The number of carbonyl (C=O) groups excluding carboxylic acids is 2. The summed E-state index contributed by atoms with van der Waals surface area (Å²) in [7, 11) is 0. The van der Waals surface area contributed by atoms with E-state index in [0.717, 1.165) is 0 Å². The molecule has 1 aromatic rings. The predicted molar refractivity (Wildman–Crippen MR) is 63.0 cm³/mol. The van der Waals surface area contributed by atoms with Crippen molar-refractivity contribution in [3.8, 4) is 0 Å². The monoisotopic (exact) mass is 248 g/mol. The molecule has 1 saturated heterocycles. The molecule has 1 atom stereocenters. The second-order valence-electron chi connectivity index (χ2n) is 3.99. The summed E-state index contributed by atoms with van der Waals surface area (Å²) in [5.74, 6) is -1.88. The maximum Gasteiger partial charge on any atom is 0.323 e. The van der Waals surface area contributed by atoms with Crippen molar-refractivity contribution in [1.82, 2.24) is 5.32 Å². The molecule has 0 radical (unpaired) electrons. The number of para-hydroxylation sites is 1. The van der Waals surface area contributed by atoms with Crippen LogP contribution >= 0.6 is 0 Å². The number of hydrogen-bond acceptors (Lipinski definition) is 4. The number of hydrogen-bond donors (Lipinski definition) is 2. The molecule has 0 bridgehead atoms. The first kappa shape index (κ1) is 12.1. The Kier molecular flexibility index (Phi) is 3.27. The average Bonchev–Trinajstić information content (AvgIpc) is 2.66. The highest BCUT2D eigenvalue weighted by Crippen LogP contribution is 2.20. The van der Waals surface area contributed by atoms with Crippen molar-refractivity contribution in [2.45, 2.75) is 12.5 Å². The summed E-state index contributed by atoms with van der Waals surface area (Å²) in [6.45, 7) is -0.324. The second-order valence-corrected chi connectivity index (χ2v) is 3.99. The van der Waals surface area contributed by atoms with E-state index in [4.69, 9.17) is 5.11 Å². The minimum absolute atomic E-state index is 0.0129. The van der Waals surface area contributed by atoms with Gasteiger partial charge in [-0.1, -0.05) is 18.2 Å². The largest absolute Gasteiger partial charge is 0.480 e. The fraction of sp³-hybridized carbons (Fsp3) is 0.250. The first-order valence-electron chi connectivity index (χ1n) is 5.45. The fourth-order valence-corrected chi connectivity index (χ4v) is 1.94. The third kappa shape index (κ3) is 2.48. The van der Waals surface area contributed by atoms with Crippen LogP contribution in [-0.2, 0) is 14.4 Å². The van der Waals surface area contributed by atoms with Gasteiger partial charge in [0.25, 0.3) is 0 Å². The van der Waals surface area contributed by atoms with E-state index in [1.54, 1.807) is 30.3 Å². The highest BCUT2D eigenvalue weighted by Gasteiger charge is 2.36. The molecule has 0 aromatic heterocycles. The molecule has 6 nitrogen and oxygen atoms in total. The van der Waals surface area contributed by atoms with Gasteiger partial charge in [-0.05, 0) is 12.1 Å². The van der Waals surface area contributed by atoms with Crippen LogP contribution in [-0.4, -0.2) is 35.5 Å². The van der Waals surface area contributed by atoms with Gasteiger partial charge in [0.05, 0.1) is 6.42 Å². The van der Waals surface area contributed by atoms with Crippen LogP contribution in [0, 0.1) is 0 Å². The zero-order valence-electron chi connectivity index (χ0n) is 9.50. The van der Waals surface area contributed by atoms with E-state index in [-0.39, 0.29) is 18.9 Å². The van der Waals surface area contributed by atoms with E-state index >= 15 is 0 Å². The van der Waals surface area contributed by atoms with Crippen LogP contribution in [0.2, 0.25) is 0 Å². The number of aliphatic carboxylic acids is 1. The standard InChI is InChI=1S/C12H12N2O4/c15-10-6-9(12(18)13-10)14(7-11(16)17)8-4-2-1-3-5-8/h1-5,9H,6-7H2,(H,16,17)(H,13,15,18). The molecular weight excluding hydrogens is 236 g/mol. The van der Waals surface area contributed by atoms with Gasteiger partial charge in [0.15, 0.2) is 0 Å². The van der Waals surface area contributed by atoms with Crippen LogP contribution in [0.4, 0.5) is 5.69 Å². The summed E-state index contributed by atoms with van der Waals surface area (Å²) < 4.78 is 0. The van der Waals surface area contributed by atoms with Crippen molar-refractivity contribution in [1.29, 1.82) is 0 Å². The predicted octanol–water partition coefficient (Wildman–Crippen LogP) is -0.00730. The number of nitrogens with zero attached hydrogens (tertiary/aromatic N) is 1. The number of rotatable bonds is 4. The van der Waals surface area contributed by atoms with Gasteiger partial charge in [0, 0.05) is 5.69 Å². The number of amides is 2. The summed E-state index contributed by atoms with van der Waals surface area (Å²) >= 11 is 0. The van der Waals surface area contributed by atoms with Crippen molar-refractivity contribution in [3.05, 3.63) is 30.3 Å². The van der Waals surface area contributed by atoms with Crippen LogP contribution in [0.15, 0.2) is 30.3 Å². The molecule has 6 heteroatoms. The number of imide groups is 1. The minimum atomic E-state index is -1.05. The molecular formula is C12H12N2O4. The van der Waals surface area contributed by atoms with E-state index in [1.165, 1.54) is 4.90 Å². The van der Waals surface area contributed by atoms with Crippen molar-refractivity contribution in [2.24, 2.45) is 0 Å². The molecule has 1 aliphatic rings. The van der Waals surface area contributed by atoms with Crippen LogP contribution in [0.3, 0.4) is 0 Å². The van der Waals surface area contributed by atoms with Crippen LogP contribution in [0.25, 0.3) is 0 Å². The van der Waals surface area contributed by atoms with Crippen LogP contribution in [0.5, 0.6) is 0 Å². The highest BCUT2D eigenvalue weighted by molar-refractivity contribution is 6.07. The average molecular weight is 248 g/mol. The molecule has 2 rings (SSSR count). The third-order valence-electron chi connectivity index (χ3n) is 2.71. The molecule has 18 heavy (non-hydrogen) atoms. The second kappa shape index (κ2) is 4.87. The number of carboxylic acid groups (broad SMARTS) is 1. The van der Waals surface area contributed by atoms with Gasteiger partial charge < -0.3 is 10.0 Å². The Hall–Kier alpha value is -2.37. The Morgan fingerprint density at radius 1 is 1.33 bits per heavy atom. The van der Waals surface area contributed by atoms with E-state index in [9.17, 15) is 14.4 Å². The van der Waals surface area contributed by atoms with E-state index in [2.05, 4.69) is 5.32 Å². The molecule has 0 saturated carbocycles. The zero-order chi connectivity index (χ0) is 13.1. The van der Waals surface area contributed by atoms with Gasteiger partial charge >= 0.3 is 5.97 Å². The Morgan fingerprint density at radius 2 is 2.00 bits per heavy atom. The van der Waals surface area contributed by atoms with Crippen LogP contribution in [0.1, 0.15) is 6.42 Å². The lowest BCUT2D eigenvalue weighted by atomic mass is 10.1. The number of benzene rings is 1. The SMILES string of the molecule is O=C(O)CN(c1ccccc1)C1CC(=O)NC1=O. The smallest absolute Gasteiger partial charge is 0.323 e. The maximum absolute atomic E-state index is 11.6. The van der Waals surface area contributed by atoms with Crippen molar-refractivity contribution in [2.75, 3.05) is 11.4 Å². The molecule has 1 aromatic carbocycles. The van der Waals surface area contributed by atoms with Gasteiger partial charge in [-0.15, -0.1) is 0 Å². The molecule has 2 amide bonds. The molecule has 0 aliphatic carbocycles. The van der Waals surface area contributed by atoms with Gasteiger partial charge in [0.1, 0.15) is 12.6 Å². The molecule has 1 unspecified atom stereocenters. The maximum atomic E-state index is 11.6. The fourth-order valence-electron chi connectivity index (χ4n) is 1.94. The third-order valence-corrected chi connectivity index (χ3v) is 2.71. The summed E-state index contributed by atoms with van der Waals surface area (Å²) in [6.07, 6.45) is -0.0129. The van der Waals surface area contributed by atoms with Gasteiger partial charge in [-0.2, -0.15) is 0 Å². The van der Waals surface area contributed by atoms with E-state index in [1.807, 2.05) is 0 Å². The van der Waals surface area contributed by atoms with Gasteiger partial charge in [0.2, 0.25) is 11.8 Å². The normalized spacial score (nSPS) is 18.6. The Bertz CT molecular complexity index is 486. The molecule has 94 valence electrons. The molecule has 1 aliphatic heterocycles.